The zero-order valence-corrected chi connectivity index (χ0v) is 25.6. The largest absolute Gasteiger partial charge is 0.439 e. The molecule has 5 heterocycles. The van der Waals surface area contributed by atoms with Gasteiger partial charge in [0.25, 0.3) is 0 Å². The first-order chi connectivity index (χ1) is 22.5. The maximum absolute atomic E-state index is 6.52. The topological polar surface area (TPSA) is 70.1 Å². The van der Waals surface area contributed by atoms with Gasteiger partial charge in [0.15, 0.2) is 11.5 Å². The van der Waals surface area contributed by atoms with Crippen LogP contribution in [0.15, 0.2) is 115 Å². The van der Waals surface area contributed by atoms with Crippen molar-refractivity contribution >= 4 is 49.3 Å². The first kappa shape index (κ1) is 26.3. The SMILES string of the molecule is Cc1ccc2c(c1)c1c(C)nc(Oc3cccc(-n4c5ccccc5c5cccnc54)c3)cc1c1nnc(-c3ccccc3C)n21. The Kier molecular flexibility index (Phi) is 5.71. The van der Waals surface area contributed by atoms with Gasteiger partial charge in [0.1, 0.15) is 11.4 Å². The number of pyridine rings is 3. The summed E-state index contributed by atoms with van der Waals surface area (Å²) < 4.78 is 10.9. The van der Waals surface area contributed by atoms with E-state index in [9.17, 15) is 0 Å². The molecule has 46 heavy (non-hydrogen) atoms. The van der Waals surface area contributed by atoms with Crippen molar-refractivity contribution in [3.05, 3.63) is 132 Å². The summed E-state index contributed by atoms with van der Waals surface area (Å²) in [6.45, 7) is 6.25. The van der Waals surface area contributed by atoms with E-state index in [-0.39, 0.29) is 0 Å². The monoisotopic (exact) mass is 596 g/mol. The molecule has 9 aromatic rings. The third-order valence-electron chi connectivity index (χ3n) is 8.86. The van der Waals surface area contributed by atoms with Crippen LogP contribution in [0.3, 0.4) is 0 Å². The lowest BCUT2D eigenvalue weighted by Gasteiger charge is -2.14. The lowest BCUT2D eigenvalue weighted by atomic mass is 10.0. The molecule has 0 aliphatic rings. The summed E-state index contributed by atoms with van der Waals surface area (Å²) in [7, 11) is 0. The van der Waals surface area contributed by atoms with Crippen molar-refractivity contribution in [3.8, 4) is 28.7 Å². The van der Waals surface area contributed by atoms with Crippen molar-refractivity contribution in [1.29, 1.82) is 0 Å². The number of fused-ring (bicyclic) bond motifs is 9. The predicted octanol–water partition coefficient (Wildman–Crippen LogP) is 9.31. The fourth-order valence-electron chi connectivity index (χ4n) is 6.81. The number of aromatic nitrogens is 6. The average molecular weight is 597 g/mol. The highest BCUT2D eigenvalue weighted by atomic mass is 16.5. The molecule has 0 spiro atoms. The van der Waals surface area contributed by atoms with Crippen LogP contribution in [0.4, 0.5) is 0 Å². The van der Waals surface area contributed by atoms with Gasteiger partial charge in [0.2, 0.25) is 5.88 Å². The third-order valence-corrected chi connectivity index (χ3v) is 8.86. The molecule has 7 nitrogen and oxygen atoms in total. The van der Waals surface area contributed by atoms with Crippen LogP contribution in [0.5, 0.6) is 11.6 Å². The molecular formula is C39H28N6O. The standard InChI is InChI=1S/C39H28N6O/c1-23-17-18-34-31(20-23)36-25(3)41-35(22-32(36)39-43-42-38(45(34)39)28-13-5-4-10-24(28)2)46-27-12-8-11-26(21-27)44-33-16-7-6-14-29(33)30-15-9-19-40-37(30)44/h4-22H,1-3H3. The lowest BCUT2D eigenvalue weighted by Crippen LogP contribution is -1.99. The van der Waals surface area contributed by atoms with E-state index in [4.69, 9.17) is 24.9 Å². The van der Waals surface area contributed by atoms with Crippen LogP contribution < -0.4 is 4.74 Å². The minimum atomic E-state index is 0.497. The van der Waals surface area contributed by atoms with Crippen LogP contribution in [-0.2, 0) is 0 Å². The zero-order chi connectivity index (χ0) is 30.9. The number of rotatable bonds is 4. The van der Waals surface area contributed by atoms with Crippen LogP contribution in [0.1, 0.15) is 16.8 Å². The molecular weight excluding hydrogens is 568 g/mol. The Bertz CT molecular complexity index is 2610. The van der Waals surface area contributed by atoms with Gasteiger partial charge >= 0.3 is 0 Å². The van der Waals surface area contributed by atoms with Gasteiger partial charge in [-0.15, -0.1) is 10.2 Å². The van der Waals surface area contributed by atoms with E-state index in [0.29, 0.717) is 11.6 Å². The molecule has 4 aromatic carbocycles. The first-order valence-corrected chi connectivity index (χ1v) is 15.3. The van der Waals surface area contributed by atoms with Gasteiger partial charge < -0.3 is 4.74 Å². The molecule has 0 unspecified atom stereocenters. The van der Waals surface area contributed by atoms with Crippen molar-refractivity contribution < 1.29 is 4.74 Å². The quantitative estimate of drug-likeness (QED) is 0.189. The number of para-hydroxylation sites is 1. The van der Waals surface area contributed by atoms with Gasteiger partial charge in [-0.3, -0.25) is 8.97 Å². The Hall–Kier alpha value is -6.08. The summed E-state index contributed by atoms with van der Waals surface area (Å²) in [5, 5.41) is 14.8. The van der Waals surface area contributed by atoms with Crippen LogP contribution in [-0.4, -0.2) is 29.1 Å². The summed E-state index contributed by atoms with van der Waals surface area (Å²) in [6.07, 6.45) is 1.83. The maximum Gasteiger partial charge on any atom is 0.220 e. The van der Waals surface area contributed by atoms with Crippen molar-refractivity contribution in [1.82, 2.24) is 29.1 Å². The molecule has 0 saturated heterocycles. The number of nitrogens with zero attached hydrogens (tertiary/aromatic N) is 6. The molecule has 0 bridgehead atoms. The maximum atomic E-state index is 6.52. The Morgan fingerprint density at radius 1 is 0.630 bits per heavy atom. The molecule has 0 aliphatic heterocycles. The van der Waals surface area contributed by atoms with Crippen LogP contribution in [0, 0.1) is 20.8 Å². The summed E-state index contributed by atoms with van der Waals surface area (Å²) in [6, 6.07) is 37.3. The molecule has 0 N–H and O–H groups in total. The highest BCUT2D eigenvalue weighted by molar-refractivity contribution is 6.13. The van der Waals surface area contributed by atoms with Crippen molar-refractivity contribution in [2.45, 2.75) is 20.8 Å². The fourth-order valence-corrected chi connectivity index (χ4v) is 6.81. The fraction of sp³-hybridized carbons (Fsp3) is 0.0769. The van der Waals surface area contributed by atoms with Crippen LogP contribution >= 0.6 is 0 Å². The normalized spacial score (nSPS) is 11.8. The minimum Gasteiger partial charge on any atom is -0.439 e. The Balaban J connectivity index is 1.22. The summed E-state index contributed by atoms with van der Waals surface area (Å²) in [4.78, 5) is 9.69. The summed E-state index contributed by atoms with van der Waals surface area (Å²) >= 11 is 0. The molecule has 0 amide bonds. The van der Waals surface area contributed by atoms with Crippen LogP contribution in [0.2, 0.25) is 0 Å². The number of hydrogen-bond donors (Lipinski definition) is 0. The molecule has 220 valence electrons. The van der Waals surface area contributed by atoms with E-state index in [1.807, 2.05) is 55.6 Å². The van der Waals surface area contributed by atoms with E-state index in [1.165, 1.54) is 5.56 Å². The number of ether oxygens (including phenoxy) is 1. The lowest BCUT2D eigenvalue weighted by molar-refractivity contribution is 0.463. The molecule has 0 saturated carbocycles. The van der Waals surface area contributed by atoms with E-state index >= 15 is 0 Å². The highest BCUT2D eigenvalue weighted by Gasteiger charge is 2.20. The second-order valence-electron chi connectivity index (χ2n) is 11.8. The molecule has 0 radical (unpaired) electrons. The van der Waals surface area contributed by atoms with Crippen molar-refractivity contribution in [2.24, 2.45) is 0 Å². The Morgan fingerprint density at radius 2 is 1.48 bits per heavy atom. The molecule has 5 aromatic heterocycles. The van der Waals surface area contributed by atoms with Gasteiger partial charge in [0.05, 0.1) is 16.7 Å². The Morgan fingerprint density at radius 3 is 2.39 bits per heavy atom. The van der Waals surface area contributed by atoms with Crippen LogP contribution in [0.25, 0.3) is 66.3 Å². The van der Waals surface area contributed by atoms with E-state index in [1.54, 1.807) is 0 Å². The third kappa shape index (κ3) is 3.91. The first-order valence-electron chi connectivity index (χ1n) is 15.3. The second-order valence-corrected chi connectivity index (χ2v) is 11.8. The van der Waals surface area contributed by atoms with E-state index in [2.05, 4.69) is 89.5 Å². The Labute approximate surface area is 264 Å². The predicted molar refractivity (Wildman–Crippen MR) is 184 cm³/mol. The van der Waals surface area contributed by atoms with Crippen molar-refractivity contribution in [3.63, 3.8) is 0 Å². The highest BCUT2D eigenvalue weighted by Crippen LogP contribution is 2.37. The zero-order valence-electron chi connectivity index (χ0n) is 25.6. The van der Waals surface area contributed by atoms with Crippen molar-refractivity contribution in [2.75, 3.05) is 0 Å². The molecule has 7 heteroatoms. The number of hydrogen-bond acceptors (Lipinski definition) is 5. The summed E-state index contributed by atoms with van der Waals surface area (Å²) in [5.41, 5.74) is 9.01. The van der Waals surface area contributed by atoms with Gasteiger partial charge in [-0.1, -0.05) is 60.2 Å². The summed E-state index contributed by atoms with van der Waals surface area (Å²) in [5.74, 6) is 1.99. The number of benzene rings is 4. The van der Waals surface area contributed by atoms with E-state index < -0.39 is 0 Å². The number of aryl methyl sites for hydroxylation is 3. The molecule has 0 aliphatic carbocycles. The smallest absolute Gasteiger partial charge is 0.220 e. The van der Waals surface area contributed by atoms with Gasteiger partial charge in [-0.25, -0.2) is 9.97 Å². The minimum absolute atomic E-state index is 0.497. The molecule has 9 rings (SSSR count). The second kappa shape index (κ2) is 9.97. The van der Waals surface area contributed by atoms with E-state index in [0.717, 1.165) is 77.6 Å². The van der Waals surface area contributed by atoms with Gasteiger partial charge in [0, 0.05) is 56.5 Å². The molecule has 0 fully saturated rings. The average Bonchev–Trinajstić information content (AvgIpc) is 3.65. The van der Waals surface area contributed by atoms with Gasteiger partial charge in [-0.05, 0) is 68.8 Å². The molecule has 0 atom stereocenters. The van der Waals surface area contributed by atoms with Gasteiger partial charge in [-0.2, -0.15) is 0 Å².